The van der Waals surface area contributed by atoms with Gasteiger partial charge in [0.2, 0.25) is 6.23 Å². The highest BCUT2D eigenvalue weighted by Gasteiger charge is 2.30. The van der Waals surface area contributed by atoms with Gasteiger partial charge in [-0.3, -0.25) is 9.69 Å². The zero-order chi connectivity index (χ0) is 23.2. The van der Waals surface area contributed by atoms with Crippen LogP contribution in [0.3, 0.4) is 0 Å². The summed E-state index contributed by atoms with van der Waals surface area (Å²) < 4.78 is 15.5. The van der Waals surface area contributed by atoms with Crippen molar-refractivity contribution in [1.29, 1.82) is 0 Å². The molecule has 1 aliphatic heterocycles. The zero-order valence-electron chi connectivity index (χ0n) is 19.6. The Kier molecular flexibility index (Phi) is 7.57. The van der Waals surface area contributed by atoms with E-state index in [1.54, 1.807) is 12.1 Å². The lowest BCUT2D eigenvalue weighted by Gasteiger charge is -2.23. The van der Waals surface area contributed by atoms with Gasteiger partial charge in [-0.15, -0.1) is 0 Å². The first-order valence-corrected chi connectivity index (χ1v) is 12.1. The van der Waals surface area contributed by atoms with E-state index in [1.807, 2.05) is 0 Å². The molecule has 2 aromatic rings. The van der Waals surface area contributed by atoms with E-state index in [9.17, 15) is 9.18 Å². The van der Waals surface area contributed by atoms with E-state index in [2.05, 4.69) is 45.7 Å². The van der Waals surface area contributed by atoms with Crippen molar-refractivity contribution in [3.63, 3.8) is 0 Å². The quantitative estimate of drug-likeness (QED) is 0.522. The molecule has 2 aliphatic rings. The average Bonchev–Trinajstić information content (AvgIpc) is 3.44. The Morgan fingerprint density at radius 1 is 1.15 bits per heavy atom. The number of halogens is 1. The second-order valence-corrected chi connectivity index (χ2v) is 8.76. The van der Waals surface area contributed by atoms with Crippen LogP contribution in [0.2, 0.25) is 0 Å². The molecule has 0 saturated carbocycles. The lowest BCUT2D eigenvalue weighted by Crippen LogP contribution is -2.35. The number of nitrogens with zero attached hydrogens (tertiary/aromatic N) is 4. The number of aryl methyl sites for hydroxylation is 2. The Balaban J connectivity index is 1.62. The number of fused-ring (bicyclic) bond motifs is 1. The van der Waals surface area contributed by atoms with Crippen molar-refractivity contribution in [3.05, 3.63) is 75.4 Å². The fourth-order valence-electron chi connectivity index (χ4n) is 4.55. The monoisotopic (exact) mass is 452 g/mol. The molecule has 2 heterocycles. The van der Waals surface area contributed by atoms with Crippen molar-refractivity contribution in [3.8, 4) is 0 Å². The summed E-state index contributed by atoms with van der Waals surface area (Å²) in [4.78, 5) is 25.1. The molecule has 4 rings (SSSR count). The van der Waals surface area contributed by atoms with Crippen molar-refractivity contribution >= 4 is 5.84 Å². The molecule has 0 fully saturated rings. The summed E-state index contributed by atoms with van der Waals surface area (Å²) in [5.74, 6) is 1.34. The van der Waals surface area contributed by atoms with Gasteiger partial charge in [-0.1, -0.05) is 50.1 Å². The number of hydrogen-bond donors (Lipinski definition) is 0. The number of unbranched alkanes of at least 4 members (excludes halogenated alkanes) is 1. The number of allylic oxidation sites excluding steroid dienone is 1. The number of rotatable bonds is 10. The van der Waals surface area contributed by atoms with Crippen LogP contribution in [0.5, 0.6) is 0 Å². The van der Waals surface area contributed by atoms with Gasteiger partial charge in [-0.05, 0) is 49.8 Å². The van der Waals surface area contributed by atoms with Crippen molar-refractivity contribution in [2.24, 2.45) is 5.16 Å². The molecule has 0 spiro atoms. The third-order valence-electron chi connectivity index (χ3n) is 6.31. The molecule has 1 aromatic heterocycles. The lowest BCUT2D eigenvalue weighted by atomic mass is 10.1. The van der Waals surface area contributed by atoms with Gasteiger partial charge in [0.1, 0.15) is 11.6 Å². The Bertz CT molecular complexity index is 1070. The van der Waals surface area contributed by atoms with Crippen LogP contribution >= 0.6 is 0 Å². The Hall–Kier alpha value is -2.96. The van der Waals surface area contributed by atoms with Crippen LogP contribution in [0.15, 0.2) is 46.5 Å². The van der Waals surface area contributed by atoms with Crippen LogP contribution in [-0.2, 0) is 37.1 Å². The van der Waals surface area contributed by atoms with Crippen LogP contribution in [-0.4, -0.2) is 26.5 Å². The van der Waals surface area contributed by atoms with Gasteiger partial charge in [0.15, 0.2) is 5.84 Å². The minimum atomic E-state index is -0.247. The number of hydrogen-bond acceptors (Lipinski definition) is 5. The van der Waals surface area contributed by atoms with Gasteiger partial charge < -0.3 is 9.40 Å². The third-order valence-corrected chi connectivity index (χ3v) is 6.31. The molecule has 0 bridgehead atoms. The third kappa shape index (κ3) is 5.34. The molecule has 0 amide bonds. The van der Waals surface area contributed by atoms with Crippen molar-refractivity contribution in [1.82, 2.24) is 14.5 Å². The fraction of sp³-hybridized carbons (Fsp3) is 0.500. The molecular weight excluding hydrogens is 419 g/mol. The molecule has 1 unspecified atom stereocenters. The topological polar surface area (TPSA) is 59.7 Å². The van der Waals surface area contributed by atoms with Gasteiger partial charge in [-0.2, -0.15) is 4.98 Å². The van der Waals surface area contributed by atoms with E-state index in [1.165, 1.54) is 12.1 Å². The SMILES string of the molecule is CCC/C=C/N1C(Cn2c(CCc3ccc(F)cc3)nc(=O)c3c2CCC3)=NOC1CCC. The van der Waals surface area contributed by atoms with E-state index < -0.39 is 0 Å². The molecular formula is C26H33FN4O2. The van der Waals surface area contributed by atoms with Crippen molar-refractivity contribution < 1.29 is 9.23 Å². The molecule has 33 heavy (non-hydrogen) atoms. The zero-order valence-corrected chi connectivity index (χ0v) is 19.6. The first kappa shape index (κ1) is 23.2. The lowest BCUT2D eigenvalue weighted by molar-refractivity contribution is 0.0212. The molecule has 1 aliphatic carbocycles. The summed E-state index contributed by atoms with van der Waals surface area (Å²) in [6, 6.07) is 6.51. The summed E-state index contributed by atoms with van der Waals surface area (Å²) in [5.41, 5.74) is 2.81. The van der Waals surface area contributed by atoms with Crippen LogP contribution in [0.1, 0.15) is 68.6 Å². The molecule has 0 N–H and O–H groups in total. The van der Waals surface area contributed by atoms with Gasteiger partial charge in [0.25, 0.3) is 5.56 Å². The average molecular weight is 453 g/mol. The summed E-state index contributed by atoms with van der Waals surface area (Å²) in [6.07, 6.45) is 12.0. The van der Waals surface area contributed by atoms with Crippen LogP contribution in [0.25, 0.3) is 0 Å². The number of benzene rings is 1. The second kappa shape index (κ2) is 10.8. The molecule has 6 nitrogen and oxygen atoms in total. The van der Waals surface area contributed by atoms with Crippen molar-refractivity contribution in [2.45, 2.75) is 84.4 Å². The van der Waals surface area contributed by atoms with Gasteiger partial charge in [0.05, 0.1) is 6.54 Å². The maximum absolute atomic E-state index is 13.3. The fourth-order valence-corrected chi connectivity index (χ4v) is 4.55. The summed E-state index contributed by atoms with van der Waals surface area (Å²) >= 11 is 0. The van der Waals surface area contributed by atoms with Crippen LogP contribution < -0.4 is 5.56 Å². The standard InChI is InChI=1S/C26H33FN4O2/c1-3-5-6-17-30-24(29-33-25(30)8-4-2)18-31-22-10-7-9-21(22)26(32)28-23(31)16-13-19-11-14-20(27)15-12-19/h6,11-12,14-15,17,25H,3-5,7-10,13,16,18H2,1-2H3/b17-6+. The largest absolute Gasteiger partial charge is 0.368 e. The molecule has 1 aromatic carbocycles. The highest BCUT2D eigenvalue weighted by molar-refractivity contribution is 5.84. The number of oxime groups is 1. The predicted octanol–water partition coefficient (Wildman–Crippen LogP) is 4.74. The first-order chi connectivity index (χ1) is 16.1. The number of aromatic nitrogens is 2. The van der Waals surface area contributed by atoms with E-state index in [0.717, 1.165) is 73.4 Å². The summed E-state index contributed by atoms with van der Waals surface area (Å²) in [5, 5.41) is 4.43. The van der Waals surface area contributed by atoms with Crippen LogP contribution in [0.4, 0.5) is 4.39 Å². The van der Waals surface area contributed by atoms with E-state index in [4.69, 9.17) is 4.84 Å². The molecule has 1 atom stereocenters. The summed E-state index contributed by atoms with van der Waals surface area (Å²) in [6.45, 7) is 4.82. The Morgan fingerprint density at radius 2 is 1.97 bits per heavy atom. The minimum Gasteiger partial charge on any atom is -0.368 e. The number of amidine groups is 1. The van der Waals surface area contributed by atoms with E-state index in [-0.39, 0.29) is 17.6 Å². The maximum Gasteiger partial charge on any atom is 0.276 e. The van der Waals surface area contributed by atoms with Gasteiger partial charge in [-0.25, -0.2) is 4.39 Å². The Labute approximate surface area is 194 Å². The smallest absolute Gasteiger partial charge is 0.276 e. The van der Waals surface area contributed by atoms with Crippen molar-refractivity contribution in [2.75, 3.05) is 0 Å². The van der Waals surface area contributed by atoms with Crippen LogP contribution in [0, 0.1) is 5.82 Å². The van der Waals surface area contributed by atoms with E-state index >= 15 is 0 Å². The van der Waals surface area contributed by atoms with Gasteiger partial charge >= 0.3 is 0 Å². The van der Waals surface area contributed by atoms with E-state index in [0.29, 0.717) is 19.4 Å². The molecule has 176 valence electrons. The first-order valence-electron chi connectivity index (χ1n) is 12.1. The molecule has 0 radical (unpaired) electrons. The predicted molar refractivity (Wildman–Crippen MR) is 127 cm³/mol. The Morgan fingerprint density at radius 3 is 2.73 bits per heavy atom. The summed E-state index contributed by atoms with van der Waals surface area (Å²) in [7, 11) is 0. The second-order valence-electron chi connectivity index (χ2n) is 8.76. The highest BCUT2D eigenvalue weighted by Crippen LogP contribution is 2.24. The van der Waals surface area contributed by atoms with Gasteiger partial charge in [0, 0.05) is 30.3 Å². The normalized spacial score (nSPS) is 17.5. The highest BCUT2D eigenvalue weighted by atomic mass is 19.1. The molecule has 7 heteroatoms. The maximum atomic E-state index is 13.3. The minimum absolute atomic E-state index is 0.0961. The molecule has 0 saturated heterocycles.